The van der Waals surface area contributed by atoms with Crippen LogP contribution in [-0.2, 0) is 9.59 Å². The van der Waals surface area contributed by atoms with Crippen LogP contribution in [0.4, 0.5) is 5.69 Å². The molecule has 2 unspecified atom stereocenters. The van der Waals surface area contributed by atoms with Crippen LogP contribution in [0.1, 0.15) is 42.6 Å². The zero-order valence-corrected chi connectivity index (χ0v) is 13.6. The lowest BCUT2D eigenvalue weighted by Crippen LogP contribution is -2.41. The number of carboxylic acids is 1. The van der Waals surface area contributed by atoms with Crippen LogP contribution in [0.2, 0.25) is 0 Å². The monoisotopic (exact) mass is 318 g/mol. The Balaban J connectivity index is 2.04. The summed E-state index contributed by atoms with van der Waals surface area (Å²) in [4.78, 5) is 35.1. The van der Waals surface area contributed by atoms with Gasteiger partial charge in [-0.2, -0.15) is 0 Å². The van der Waals surface area contributed by atoms with Gasteiger partial charge in [-0.05, 0) is 57.4 Å². The van der Waals surface area contributed by atoms with E-state index in [2.05, 4.69) is 10.6 Å². The van der Waals surface area contributed by atoms with E-state index in [1.165, 1.54) is 0 Å². The fraction of sp³-hybridized carbons (Fsp3) is 0.471. The molecule has 1 fully saturated rings. The molecule has 1 aliphatic rings. The summed E-state index contributed by atoms with van der Waals surface area (Å²) in [5.74, 6) is -2.42. The SMILES string of the molecule is Cc1cc(NC(=O)C2CCC2C(=O)O)ccc1C(=O)NC(C)C. The van der Waals surface area contributed by atoms with Crippen molar-refractivity contribution in [3.8, 4) is 0 Å². The first kappa shape index (κ1) is 17.0. The summed E-state index contributed by atoms with van der Waals surface area (Å²) in [5, 5.41) is 14.6. The maximum atomic E-state index is 12.1. The van der Waals surface area contributed by atoms with E-state index in [9.17, 15) is 14.4 Å². The van der Waals surface area contributed by atoms with E-state index in [-0.39, 0.29) is 17.9 Å². The molecule has 0 aliphatic heterocycles. The van der Waals surface area contributed by atoms with Crippen LogP contribution in [-0.4, -0.2) is 28.9 Å². The molecule has 2 rings (SSSR count). The van der Waals surface area contributed by atoms with Crippen molar-refractivity contribution in [1.82, 2.24) is 5.32 Å². The number of aryl methyl sites for hydroxylation is 1. The summed E-state index contributed by atoms with van der Waals surface area (Å²) in [5.41, 5.74) is 1.89. The number of benzene rings is 1. The molecular weight excluding hydrogens is 296 g/mol. The summed E-state index contributed by atoms with van der Waals surface area (Å²) < 4.78 is 0. The van der Waals surface area contributed by atoms with E-state index < -0.39 is 17.8 Å². The molecule has 6 nitrogen and oxygen atoms in total. The standard InChI is InChI=1S/C17H22N2O4/c1-9(2)18-15(20)12-5-4-11(8-10(12)3)19-16(21)13-6-7-14(13)17(22)23/h4-5,8-9,13-14H,6-7H2,1-3H3,(H,18,20)(H,19,21)(H,22,23). The predicted molar refractivity (Wildman–Crippen MR) is 86.3 cm³/mol. The number of hydrogen-bond acceptors (Lipinski definition) is 3. The van der Waals surface area contributed by atoms with Crippen LogP contribution in [0.5, 0.6) is 0 Å². The molecule has 1 aromatic rings. The van der Waals surface area contributed by atoms with Crippen molar-refractivity contribution in [2.45, 2.75) is 39.7 Å². The molecule has 0 aromatic heterocycles. The molecule has 0 heterocycles. The van der Waals surface area contributed by atoms with E-state index in [1.54, 1.807) is 25.1 Å². The average Bonchev–Trinajstić information content (AvgIpc) is 2.35. The molecule has 0 bridgehead atoms. The van der Waals surface area contributed by atoms with E-state index in [0.29, 0.717) is 24.1 Å². The second-order valence-corrected chi connectivity index (χ2v) is 6.28. The largest absolute Gasteiger partial charge is 0.481 e. The minimum atomic E-state index is -0.923. The molecule has 1 aromatic carbocycles. The maximum absolute atomic E-state index is 12.1. The van der Waals surface area contributed by atoms with E-state index in [1.807, 2.05) is 13.8 Å². The third kappa shape index (κ3) is 3.88. The summed E-state index contributed by atoms with van der Waals surface area (Å²) in [6, 6.07) is 5.10. The zero-order valence-electron chi connectivity index (χ0n) is 13.6. The number of nitrogens with one attached hydrogen (secondary N) is 2. The second kappa shape index (κ2) is 6.81. The van der Waals surface area contributed by atoms with Crippen LogP contribution < -0.4 is 10.6 Å². The van der Waals surface area contributed by atoms with E-state index in [0.717, 1.165) is 5.56 Å². The van der Waals surface area contributed by atoms with Gasteiger partial charge in [-0.25, -0.2) is 0 Å². The molecule has 124 valence electrons. The minimum Gasteiger partial charge on any atom is -0.481 e. The summed E-state index contributed by atoms with van der Waals surface area (Å²) >= 11 is 0. The molecular formula is C17H22N2O4. The van der Waals surface area contributed by atoms with Gasteiger partial charge in [-0.3, -0.25) is 14.4 Å². The van der Waals surface area contributed by atoms with Crippen LogP contribution in [0.25, 0.3) is 0 Å². The Morgan fingerprint density at radius 1 is 1.17 bits per heavy atom. The summed E-state index contributed by atoms with van der Waals surface area (Å²) in [7, 11) is 0. The highest BCUT2D eigenvalue weighted by Crippen LogP contribution is 2.35. The molecule has 1 aliphatic carbocycles. The highest BCUT2D eigenvalue weighted by atomic mass is 16.4. The molecule has 2 amide bonds. The summed E-state index contributed by atoms with van der Waals surface area (Å²) in [6.07, 6.45) is 1.14. The fourth-order valence-corrected chi connectivity index (χ4v) is 2.68. The topological polar surface area (TPSA) is 95.5 Å². The first-order valence-corrected chi connectivity index (χ1v) is 7.74. The van der Waals surface area contributed by atoms with Gasteiger partial charge in [0.25, 0.3) is 5.91 Å². The molecule has 0 spiro atoms. The quantitative estimate of drug-likeness (QED) is 0.775. The van der Waals surface area contributed by atoms with Crippen molar-refractivity contribution in [2.75, 3.05) is 5.32 Å². The Hall–Kier alpha value is -2.37. The van der Waals surface area contributed by atoms with E-state index in [4.69, 9.17) is 5.11 Å². The van der Waals surface area contributed by atoms with Gasteiger partial charge in [0.1, 0.15) is 0 Å². The number of carbonyl (C=O) groups is 3. The van der Waals surface area contributed by atoms with Crippen molar-refractivity contribution in [1.29, 1.82) is 0 Å². The van der Waals surface area contributed by atoms with Gasteiger partial charge >= 0.3 is 5.97 Å². The number of hydrogen-bond donors (Lipinski definition) is 3. The van der Waals surface area contributed by atoms with Gasteiger partial charge in [-0.1, -0.05) is 0 Å². The van der Waals surface area contributed by atoms with Crippen molar-refractivity contribution < 1.29 is 19.5 Å². The lowest BCUT2D eigenvalue weighted by Gasteiger charge is -2.31. The Kier molecular flexibility index (Phi) is 5.03. The third-order valence-electron chi connectivity index (χ3n) is 4.09. The Morgan fingerprint density at radius 3 is 2.30 bits per heavy atom. The van der Waals surface area contributed by atoms with Crippen molar-refractivity contribution in [3.63, 3.8) is 0 Å². The number of rotatable bonds is 5. The van der Waals surface area contributed by atoms with Crippen molar-refractivity contribution in [2.24, 2.45) is 11.8 Å². The van der Waals surface area contributed by atoms with E-state index >= 15 is 0 Å². The molecule has 0 saturated heterocycles. The smallest absolute Gasteiger partial charge is 0.307 e. The molecule has 23 heavy (non-hydrogen) atoms. The molecule has 0 radical (unpaired) electrons. The third-order valence-corrected chi connectivity index (χ3v) is 4.09. The van der Waals surface area contributed by atoms with Gasteiger partial charge in [0.05, 0.1) is 11.8 Å². The fourth-order valence-electron chi connectivity index (χ4n) is 2.68. The number of carbonyl (C=O) groups excluding carboxylic acids is 2. The first-order chi connectivity index (χ1) is 10.8. The number of carboxylic acid groups (broad SMARTS) is 1. The van der Waals surface area contributed by atoms with Gasteiger partial charge in [0.2, 0.25) is 5.91 Å². The second-order valence-electron chi connectivity index (χ2n) is 6.28. The van der Waals surface area contributed by atoms with Gasteiger partial charge in [0, 0.05) is 17.3 Å². The van der Waals surface area contributed by atoms with Crippen LogP contribution in [0.15, 0.2) is 18.2 Å². The molecule has 1 saturated carbocycles. The number of anilines is 1. The average molecular weight is 318 g/mol. The summed E-state index contributed by atoms with van der Waals surface area (Å²) in [6.45, 7) is 5.58. The molecule has 6 heteroatoms. The molecule has 2 atom stereocenters. The lowest BCUT2D eigenvalue weighted by molar-refractivity contribution is -0.151. The number of aliphatic carboxylic acids is 1. The van der Waals surface area contributed by atoms with Crippen LogP contribution in [0.3, 0.4) is 0 Å². The Bertz CT molecular complexity index is 639. The minimum absolute atomic E-state index is 0.0489. The maximum Gasteiger partial charge on any atom is 0.307 e. The van der Waals surface area contributed by atoms with Gasteiger partial charge < -0.3 is 15.7 Å². The lowest BCUT2D eigenvalue weighted by atomic mass is 9.73. The van der Waals surface area contributed by atoms with Crippen molar-refractivity contribution >= 4 is 23.5 Å². The predicted octanol–water partition coefficient (Wildman–Crippen LogP) is 2.18. The van der Waals surface area contributed by atoms with Gasteiger partial charge in [-0.15, -0.1) is 0 Å². The van der Waals surface area contributed by atoms with Crippen LogP contribution in [0, 0.1) is 18.8 Å². The normalized spacial score (nSPS) is 19.8. The molecule has 3 N–H and O–H groups in total. The highest BCUT2D eigenvalue weighted by Gasteiger charge is 2.41. The highest BCUT2D eigenvalue weighted by molar-refractivity contribution is 5.98. The van der Waals surface area contributed by atoms with Crippen LogP contribution >= 0.6 is 0 Å². The van der Waals surface area contributed by atoms with Crippen molar-refractivity contribution in [3.05, 3.63) is 29.3 Å². The first-order valence-electron chi connectivity index (χ1n) is 7.74. The zero-order chi connectivity index (χ0) is 17.1. The Morgan fingerprint density at radius 2 is 1.83 bits per heavy atom. The van der Waals surface area contributed by atoms with Gasteiger partial charge in [0.15, 0.2) is 0 Å². The number of amides is 2. The Labute approximate surface area is 135 Å².